The van der Waals surface area contributed by atoms with E-state index in [0.717, 1.165) is 31.7 Å². The van der Waals surface area contributed by atoms with E-state index >= 15 is 0 Å². The summed E-state index contributed by atoms with van der Waals surface area (Å²) >= 11 is 0. The second kappa shape index (κ2) is 6.86. The highest BCUT2D eigenvalue weighted by atomic mass is 16.2. The molecule has 2 aromatic rings. The van der Waals surface area contributed by atoms with Crippen molar-refractivity contribution < 1.29 is 4.79 Å². The number of hydrogen-bond acceptors (Lipinski definition) is 2. The standard InChI is InChI=1S/C20H24N2O/c1-16-7-9-19(10-8-16)21-11-13-22(14-12-21)20(23)15-18-6-4-3-5-17(18)2/h3-10H,11-15H2,1-2H3. The van der Waals surface area contributed by atoms with Crippen molar-refractivity contribution in [3.8, 4) is 0 Å². The van der Waals surface area contributed by atoms with Gasteiger partial charge in [0.05, 0.1) is 6.42 Å². The lowest BCUT2D eigenvalue weighted by molar-refractivity contribution is -0.130. The predicted molar refractivity (Wildman–Crippen MR) is 94.9 cm³/mol. The molecule has 0 spiro atoms. The summed E-state index contributed by atoms with van der Waals surface area (Å²) in [6, 6.07) is 16.8. The first-order valence-corrected chi connectivity index (χ1v) is 8.27. The zero-order valence-corrected chi connectivity index (χ0v) is 14.0. The number of benzene rings is 2. The van der Waals surface area contributed by atoms with E-state index in [9.17, 15) is 4.79 Å². The molecule has 0 saturated carbocycles. The Balaban J connectivity index is 1.57. The number of amides is 1. The molecule has 1 saturated heterocycles. The highest BCUT2D eigenvalue weighted by Crippen LogP contribution is 2.18. The number of carbonyl (C=O) groups excluding carboxylic acids is 1. The average molecular weight is 308 g/mol. The summed E-state index contributed by atoms with van der Waals surface area (Å²) in [5.74, 6) is 0.239. The molecule has 0 radical (unpaired) electrons. The van der Waals surface area contributed by atoms with Crippen LogP contribution in [0.4, 0.5) is 5.69 Å². The van der Waals surface area contributed by atoms with Crippen LogP contribution >= 0.6 is 0 Å². The average Bonchev–Trinajstić information content (AvgIpc) is 2.58. The quantitative estimate of drug-likeness (QED) is 0.869. The minimum Gasteiger partial charge on any atom is -0.368 e. The number of nitrogens with zero attached hydrogens (tertiary/aromatic N) is 2. The third-order valence-corrected chi connectivity index (χ3v) is 4.63. The fourth-order valence-electron chi connectivity index (χ4n) is 3.05. The van der Waals surface area contributed by atoms with Gasteiger partial charge in [0.15, 0.2) is 0 Å². The van der Waals surface area contributed by atoms with Crippen molar-refractivity contribution in [1.82, 2.24) is 4.90 Å². The lowest BCUT2D eigenvalue weighted by Crippen LogP contribution is -2.49. The van der Waals surface area contributed by atoms with Gasteiger partial charge in [0.2, 0.25) is 5.91 Å². The number of aryl methyl sites for hydroxylation is 2. The van der Waals surface area contributed by atoms with Crippen LogP contribution in [0.1, 0.15) is 16.7 Å². The van der Waals surface area contributed by atoms with E-state index in [0.29, 0.717) is 6.42 Å². The van der Waals surface area contributed by atoms with E-state index in [4.69, 9.17) is 0 Å². The lowest BCUT2D eigenvalue weighted by atomic mass is 10.1. The third-order valence-electron chi connectivity index (χ3n) is 4.63. The topological polar surface area (TPSA) is 23.6 Å². The molecular formula is C20H24N2O. The SMILES string of the molecule is Cc1ccc(N2CCN(C(=O)Cc3ccccc3C)CC2)cc1. The van der Waals surface area contributed by atoms with Crippen LogP contribution in [0, 0.1) is 13.8 Å². The molecule has 23 heavy (non-hydrogen) atoms. The van der Waals surface area contributed by atoms with E-state index in [1.165, 1.54) is 16.8 Å². The van der Waals surface area contributed by atoms with Crippen LogP contribution in [0.3, 0.4) is 0 Å². The van der Waals surface area contributed by atoms with Crippen molar-refractivity contribution in [2.24, 2.45) is 0 Å². The summed E-state index contributed by atoms with van der Waals surface area (Å²) in [5, 5.41) is 0. The molecule has 1 aliphatic heterocycles. The second-order valence-electron chi connectivity index (χ2n) is 6.31. The van der Waals surface area contributed by atoms with Gasteiger partial charge in [0.25, 0.3) is 0 Å². The Kier molecular flexibility index (Phi) is 4.65. The van der Waals surface area contributed by atoms with Crippen molar-refractivity contribution in [1.29, 1.82) is 0 Å². The molecule has 1 fully saturated rings. The number of rotatable bonds is 3. The zero-order chi connectivity index (χ0) is 16.2. The Morgan fingerprint density at radius 3 is 2.22 bits per heavy atom. The molecule has 0 aromatic heterocycles. The second-order valence-corrected chi connectivity index (χ2v) is 6.31. The Labute approximate surface area is 138 Å². The molecule has 1 heterocycles. The van der Waals surface area contributed by atoms with E-state index in [1.54, 1.807) is 0 Å². The maximum absolute atomic E-state index is 12.5. The van der Waals surface area contributed by atoms with Crippen LogP contribution in [0.2, 0.25) is 0 Å². The molecule has 0 aliphatic carbocycles. The summed E-state index contributed by atoms with van der Waals surface area (Å²) in [6.07, 6.45) is 0.511. The smallest absolute Gasteiger partial charge is 0.227 e. The molecule has 0 bridgehead atoms. The molecule has 3 nitrogen and oxygen atoms in total. The first-order chi connectivity index (χ1) is 11.1. The van der Waals surface area contributed by atoms with Crippen LogP contribution in [-0.2, 0) is 11.2 Å². The molecule has 0 N–H and O–H groups in total. The minimum atomic E-state index is 0.239. The maximum atomic E-state index is 12.5. The normalized spacial score (nSPS) is 14.9. The molecule has 1 aliphatic rings. The van der Waals surface area contributed by atoms with Gasteiger partial charge in [-0.2, -0.15) is 0 Å². The van der Waals surface area contributed by atoms with Crippen molar-refractivity contribution in [3.63, 3.8) is 0 Å². The highest BCUT2D eigenvalue weighted by Gasteiger charge is 2.21. The van der Waals surface area contributed by atoms with Gasteiger partial charge < -0.3 is 9.80 Å². The summed E-state index contributed by atoms with van der Waals surface area (Å²) in [4.78, 5) is 16.9. The molecule has 0 unspecified atom stereocenters. The molecule has 3 heteroatoms. The lowest BCUT2D eigenvalue weighted by Gasteiger charge is -2.36. The van der Waals surface area contributed by atoms with Crippen molar-refractivity contribution in [2.45, 2.75) is 20.3 Å². The van der Waals surface area contributed by atoms with Crippen molar-refractivity contribution >= 4 is 11.6 Å². The molecule has 3 rings (SSSR count). The molecule has 120 valence electrons. The van der Waals surface area contributed by atoms with E-state index in [1.807, 2.05) is 17.0 Å². The van der Waals surface area contributed by atoms with Gasteiger partial charge in [0, 0.05) is 31.9 Å². The fraction of sp³-hybridized carbons (Fsp3) is 0.350. The Morgan fingerprint density at radius 1 is 0.913 bits per heavy atom. The number of anilines is 1. The van der Waals surface area contributed by atoms with Crippen molar-refractivity contribution in [3.05, 3.63) is 65.2 Å². The van der Waals surface area contributed by atoms with Gasteiger partial charge in [-0.25, -0.2) is 0 Å². The summed E-state index contributed by atoms with van der Waals surface area (Å²) in [6.45, 7) is 7.59. The van der Waals surface area contributed by atoms with Crippen LogP contribution in [0.5, 0.6) is 0 Å². The van der Waals surface area contributed by atoms with E-state index < -0.39 is 0 Å². The van der Waals surface area contributed by atoms with Gasteiger partial charge in [-0.15, -0.1) is 0 Å². The monoisotopic (exact) mass is 308 g/mol. The summed E-state index contributed by atoms with van der Waals surface area (Å²) in [5.41, 5.74) is 4.86. The van der Waals surface area contributed by atoms with E-state index in [2.05, 4.69) is 55.1 Å². The van der Waals surface area contributed by atoms with Crippen LogP contribution in [0.25, 0.3) is 0 Å². The van der Waals surface area contributed by atoms with Gasteiger partial charge in [-0.05, 0) is 37.1 Å². The van der Waals surface area contributed by atoms with Crippen LogP contribution in [0.15, 0.2) is 48.5 Å². The summed E-state index contributed by atoms with van der Waals surface area (Å²) in [7, 11) is 0. The van der Waals surface area contributed by atoms with Gasteiger partial charge in [-0.3, -0.25) is 4.79 Å². The van der Waals surface area contributed by atoms with Crippen LogP contribution < -0.4 is 4.90 Å². The van der Waals surface area contributed by atoms with Crippen molar-refractivity contribution in [2.75, 3.05) is 31.1 Å². The highest BCUT2D eigenvalue weighted by molar-refractivity contribution is 5.79. The Morgan fingerprint density at radius 2 is 1.57 bits per heavy atom. The number of carbonyl (C=O) groups is 1. The Bertz CT molecular complexity index is 670. The van der Waals surface area contributed by atoms with Gasteiger partial charge in [0.1, 0.15) is 0 Å². The van der Waals surface area contributed by atoms with E-state index in [-0.39, 0.29) is 5.91 Å². The zero-order valence-electron chi connectivity index (χ0n) is 14.0. The van der Waals surface area contributed by atoms with Gasteiger partial charge >= 0.3 is 0 Å². The first kappa shape index (κ1) is 15.6. The van der Waals surface area contributed by atoms with Crippen LogP contribution in [-0.4, -0.2) is 37.0 Å². The third kappa shape index (κ3) is 3.73. The fourth-order valence-corrected chi connectivity index (χ4v) is 3.05. The molecule has 2 aromatic carbocycles. The molecule has 1 amide bonds. The largest absolute Gasteiger partial charge is 0.368 e. The predicted octanol–water partition coefficient (Wildman–Crippen LogP) is 3.19. The number of piperazine rings is 1. The molecular weight excluding hydrogens is 284 g/mol. The minimum absolute atomic E-state index is 0.239. The maximum Gasteiger partial charge on any atom is 0.227 e. The molecule has 0 atom stereocenters. The van der Waals surface area contributed by atoms with Gasteiger partial charge in [-0.1, -0.05) is 42.0 Å². The first-order valence-electron chi connectivity index (χ1n) is 8.27. The number of hydrogen-bond donors (Lipinski definition) is 0. The Hall–Kier alpha value is -2.29. The summed E-state index contributed by atoms with van der Waals surface area (Å²) < 4.78 is 0.